The number of H-pyrrole nitrogens is 2. The van der Waals surface area contributed by atoms with Crippen LogP contribution >= 0.6 is 46.4 Å². The Balaban J connectivity index is 0.00000113. The van der Waals surface area contributed by atoms with Crippen LogP contribution in [0.1, 0.15) is 177 Å². The molecule has 2 N–H and O–H groups in total. The van der Waals surface area contributed by atoms with Crippen molar-refractivity contribution in [1.29, 1.82) is 0 Å². The van der Waals surface area contributed by atoms with Crippen LogP contribution in [0.5, 0.6) is 11.5 Å². The minimum Gasteiger partial charge on any atom is -0.488 e. The number of alkyl halides is 4. The Morgan fingerprint density at radius 3 is 1.14 bits per heavy atom. The molecule has 1 aromatic heterocycles. The van der Waals surface area contributed by atoms with Crippen molar-refractivity contribution in [3.8, 4) is 35.2 Å². The maximum atomic E-state index is 14.0. The van der Waals surface area contributed by atoms with Gasteiger partial charge in [0, 0.05) is 55.6 Å². The van der Waals surface area contributed by atoms with E-state index in [1.54, 1.807) is 84.9 Å². The van der Waals surface area contributed by atoms with Gasteiger partial charge in [-0.05, 0) is 25.0 Å². The Labute approximate surface area is 427 Å². The first-order chi connectivity index (χ1) is 34.0. The molecule has 0 aliphatic heterocycles. The van der Waals surface area contributed by atoms with E-state index in [2.05, 4.69) is 47.5 Å². The monoisotopic (exact) mass is 1020 g/mol. The molecule has 6 aromatic rings. The Morgan fingerprint density at radius 1 is 0.429 bits per heavy atom. The highest BCUT2D eigenvalue weighted by molar-refractivity contribution is 6.56. The van der Waals surface area contributed by atoms with Crippen LogP contribution in [-0.4, -0.2) is 56.0 Å². The SMILES string of the molecule is CCCCCCCCOc1c(OCCCCCCCC)c(C#Cc2cccc3c2C(=O)c2ccccc2C3=O)c2[nH]c(=O)[nH]c2c1C#Cc1cccc2c1C(=O)c1ccccc1C2=O.ClC(Cl)C(Cl)Cl. The number of benzene rings is 5. The maximum Gasteiger partial charge on any atom is 0.323 e. The van der Waals surface area contributed by atoms with Gasteiger partial charge < -0.3 is 19.4 Å². The summed E-state index contributed by atoms with van der Waals surface area (Å²) in [6.45, 7) is 5.02. The zero-order valence-electron chi connectivity index (χ0n) is 39.0. The highest BCUT2D eigenvalue weighted by atomic mass is 35.5. The summed E-state index contributed by atoms with van der Waals surface area (Å²) in [6.07, 6.45) is 12.4. The lowest BCUT2D eigenvalue weighted by molar-refractivity contribution is 0.0979. The molecule has 0 fully saturated rings. The van der Waals surface area contributed by atoms with E-state index in [9.17, 15) is 24.0 Å². The number of unbranched alkanes of at least 4 members (excludes halogenated alkanes) is 10. The quantitative estimate of drug-likeness (QED) is 0.0527. The summed E-state index contributed by atoms with van der Waals surface area (Å²) in [5.74, 6) is 12.4. The second-order valence-corrected chi connectivity index (χ2v) is 19.3. The molecule has 2 aliphatic carbocycles. The van der Waals surface area contributed by atoms with E-state index < -0.39 is 15.4 Å². The van der Waals surface area contributed by atoms with E-state index in [0.717, 1.165) is 77.0 Å². The van der Waals surface area contributed by atoms with Crippen molar-refractivity contribution in [3.63, 3.8) is 0 Å². The first-order valence-corrected chi connectivity index (χ1v) is 25.5. The number of carbonyl (C=O) groups is 4. The van der Waals surface area contributed by atoms with Crippen LogP contribution in [0, 0.1) is 23.7 Å². The molecule has 0 amide bonds. The molecule has 1 heterocycles. The first kappa shape index (κ1) is 51.8. The second-order valence-electron chi connectivity index (χ2n) is 17.0. The van der Waals surface area contributed by atoms with E-state index in [0.29, 0.717) is 68.8 Å². The molecule has 0 unspecified atom stereocenters. The van der Waals surface area contributed by atoms with Crippen molar-refractivity contribution in [3.05, 3.63) is 162 Å². The lowest BCUT2D eigenvalue weighted by atomic mass is 9.82. The molecule has 0 atom stereocenters. The molecular formula is C57H52Cl4N2O7. The molecule has 0 saturated carbocycles. The van der Waals surface area contributed by atoms with Crippen LogP contribution in [0.15, 0.2) is 89.7 Å². The zero-order chi connectivity index (χ0) is 49.7. The number of imidazole rings is 1. The standard InChI is InChI=1S/C55H50N2O7.C2H2Cl4/c1-3-5-7-9-11-17-33-63-53-43(31-29-35-21-19-27-41-45(35)51(60)39-25-15-13-23-37(39)49(41)58)47-48(57-55(62)56-47)44(54(53)64-34-18-12-10-8-6-4-2)32-30-36-22-20-28-42-46(36)52(61)40-26-16-14-24-38(40)50(42)59;3-1(4)2(5)6/h13-16,19-28H,3-12,17-18,33-34H2,1-2H3,(H2,56,57,62);1-2H. The number of nitrogens with one attached hydrogen (secondary N) is 2. The Hall–Kier alpha value is -6.07. The van der Waals surface area contributed by atoms with E-state index in [-0.39, 0.29) is 56.9 Å². The predicted molar refractivity (Wildman–Crippen MR) is 279 cm³/mol. The predicted octanol–water partition coefficient (Wildman–Crippen LogP) is 13.3. The van der Waals surface area contributed by atoms with Gasteiger partial charge in [0.15, 0.2) is 34.6 Å². The van der Waals surface area contributed by atoms with Crippen molar-refractivity contribution < 1.29 is 28.7 Å². The van der Waals surface area contributed by atoms with Gasteiger partial charge in [-0.25, -0.2) is 4.79 Å². The van der Waals surface area contributed by atoms with Crippen molar-refractivity contribution in [2.75, 3.05) is 13.2 Å². The van der Waals surface area contributed by atoms with Crippen LogP contribution in [0.3, 0.4) is 0 Å². The third-order valence-electron chi connectivity index (χ3n) is 12.1. The van der Waals surface area contributed by atoms with Crippen molar-refractivity contribution in [2.45, 2.75) is 101 Å². The van der Waals surface area contributed by atoms with E-state index in [1.807, 2.05) is 0 Å². The lowest BCUT2D eigenvalue weighted by Crippen LogP contribution is -2.21. The summed E-state index contributed by atoms with van der Waals surface area (Å²) < 4.78 is 13.4. The molecular weight excluding hydrogens is 966 g/mol. The van der Waals surface area contributed by atoms with Crippen molar-refractivity contribution >= 4 is 80.6 Å². The molecule has 0 spiro atoms. The average molecular weight is 1020 g/mol. The number of aromatic nitrogens is 2. The number of halogens is 4. The van der Waals surface area contributed by atoms with E-state index in [1.165, 1.54) is 0 Å². The number of aromatic amines is 2. The molecule has 0 saturated heterocycles. The summed E-state index contributed by atoms with van der Waals surface area (Å²) in [5.41, 5.74) is 3.80. The topological polar surface area (TPSA) is 135 Å². The average Bonchev–Trinajstić information content (AvgIpc) is 3.76. The molecule has 0 bridgehead atoms. The molecule has 360 valence electrons. The summed E-state index contributed by atoms with van der Waals surface area (Å²) in [4.78, 5) is 73.0. The van der Waals surface area contributed by atoms with Crippen LogP contribution in [-0.2, 0) is 0 Å². The van der Waals surface area contributed by atoms with Gasteiger partial charge >= 0.3 is 5.69 Å². The number of ketones is 4. The summed E-state index contributed by atoms with van der Waals surface area (Å²) >= 11 is 20.5. The maximum absolute atomic E-state index is 14.0. The van der Waals surface area contributed by atoms with Gasteiger partial charge in [-0.3, -0.25) is 19.2 Å². The molecule has 9 nitrogen and oxygen atoms in total. The van der Waals surface area contributed by atoms with Crippen LogP contribution in [0.25, 0.3) is 11.0 Å². The largest absolute Gasteiger partial charge is 0.488 e. The fourth-order valence-corrected chi connectivity index (χ4v) is 8.60. The Bertz CT molecular complexity index is 2920. The third-order valence-corrected chi connectivity index (χ3v) is 13.6. The number of hydrogen-bond donors (Lipinski definition) is 2. The van der Waals surface area contributed by atoms with E-state index >= 15 is 0 Å². The van der Waals surface area contributed by atoms with Gasteiger partial charge in [0.25, 0.3) is 0 Å². The van der Waals surface area contributed by atoms with Crippen molar-refractivity contribution in [2.24, 2.45) is 0 Å². The van der Waals surface area contributed by atoms with Gasteiger partial charge in [-0.1, -0.05) is 175 Å². The highest BCUT2D eigenvalue weighted by Crippen LogP contribution is 2.41. The number of fused-ring (bicyclic) bond motifs is 5. The first-order valence-electron chi connectivity index (χ1n) is 23.8. The van der Waals surface area contributed by atoms with Crippen LogP contribution < -0.4 is 15.2 Å². The van der Waals surface area contributed by atoms with Gasteiger partial charge in [0.1, 0.15) is 9.67 Å². The molecule has 70 heavy (non-hydrogen) atoms. The molecule has 13 heteroatoms. The Morgan fingerprint density at radius 2 is 0.771 bits per heavy atom. The zero-order valence-corrected chi connectivity index (χ0v) is 42.0. The minimum atomic E-state index is -0.673. The fraction of sp³-hybridized carbons (Fsp3) is 0.316. The minimum absolute atomic E-state index is 0.218. The summed E-state index contributed by atoms with van der Waals surface area (Å²) in [6, 6.07) is 23.7. The van der Waals surface area contributed by atoms with Gasteiger partial charge in [-0.15, -0.1) is 46.4 Å². The Kier molecular flexibility index (Phi) is 18.2. The number of rotatable bonds is 17. The van der Waals surface area contributed by atoms with Gasteiger partial charge in [0.2, 0.25) is 0 Å². The lowest BCUT2D eigenvalue weighted by Gasteiger charge is -2.19. The van der Waals surface area contributed by atoms with Crippen LogP contribution in [0.4, 0.5) is 0 Å². The third kappa shape index (κ3) is 11.7. The molecule has 5 aromatic carbocycles. The smallest absolute Gasteiger partial charge is 0.323 e. The summed E-state index contributed by atoms with van der Waals surface area (Å²) in [5, 5.41) is 0. The van der Waals surface area contributed by atoms with Gasteiger partial charge in [0.05, 0.1) is 35.4 Å². The summed E-state index contributed by atoms with van der Waals surface area (Å²) in [7, 11) is 0. The van der Waals surface area contributed by atoms with Crippen LogP contribution in [0.2, 0.25) is 0 Å². The van der Waals surface area contributed by atoms with Gasteiger partial charge in [-0.2, -0.15) is 0 Å². The van der Waals surface area contributed by atoms with E-state index in [4.69, 9.17) is 55.9 Å². The number of ether oxygens (including phenoxy) is 2. The van der Waals surface area contributed by atoms with Crippen molar-refractivity contribution in [1.82, 2.24) is 9.97 Å². The fourth-order valence-electron chi connectivity index (χ4n) is 8.60. The number of hydrogen-bond acceptors (Lipinski definition) is 7. The normalized spacial score (nSPS) is 12.3. The second kappa shape index (κ2) is 24.7. The highest BCUT2D eigenvalue weighted by Gasteiger charge is 2.33. The molecule has 0 radical (unpaired) electrons. The molecule has 2 aliphatic rings. The molecule has 8 rings (SSSR count). The number of carbonyl (C=O) groups excluding carboxylic acids is 4.